The molecule has 7 atom stereocenters. The largest absolute Gasteiger partial charge is 0.347 e. The SMILES string of the molecule is CC(=O)[C@@H]1CC[C@@H]2[C@@H]3[C@H](CC[C@@]21C)[C@@]1(C)CCCC[C@@H]1CC31OCCO1. The molecule has 3 nitrogen and oxygen atoms in total. The zero-order chi connectivity index (χ0) is 18.2. The fourth-order valence-corrected chi connectivity index (χ4v) is 8.67. The van der Waals surface area contributed by atoms with Crippen LogP contribution in [0.5, 0.6) is 0 Å². The molecule has 26 heavy (non-hydrogen) atoms. The summed E-state index contributed by atoms with van der Waals surface area (Å²) >= 11 is 0. The van der Waals surface area contributed by atoms with Gasteiger partial charge in [0.25, 0.3) is 0 Å². The van der Waals surface area contributed by atoms with Gasteiger partial charge in [0.05, 0.1) is 13.2 Å². The van der Waals surface area contributed by atoms with E-state index in [1.807, 2.05) is 6.92 Å². The summed E-state index contributed by atoms with van der Waals surface area (Å²) in [5.41, 5.74) is 0.617. The highest BCUT2D eigenvalue weighted by Gasteiger charge is 2.68. The first-order chi connectivity index (χ1) is 12.4. The lowest BCUT2D eigenvalue weighted by atomic mass is 9.43. The lowest BCUT2D eigenvalue weighted by molar-refractivity contribution is -0.297. The fraction of sp³-hybridized carbons (Fsp3) is 0.957. The molecule has 1 saturated heterocycles. The summed E-state index contributed by atoms with van der Waals surface area (Å²) in [4.78, 5) is 12.4. The van der Waals surface area contributed by atoms with Gasteiger partial charge in [0.2, 0.25) is 0 Å². The van der Waals surface area contributed by atoms with Crippen molar-refractivity contribution in [2.45, 2.75) is 84.3 Å². The quantitative estimate of drug-likeness (QED) is 0.662. The number of hydrogen-bond donors (Lipinski definition) is 0. The fourth-order valence-electron chi connectivity index (χ4n) is 8.67. The second-order valence-corrected chi connectivity index (χ2v) is 10.7. The van der Waals surface area contributed by atoms with Crippen molar-refractivity contribution in [1.29, 1.82) is 0 Å². The van der Waals surface area contributed by atoms with Crippen molar-refractivity contribution in [1.82, 2.24) is 0 Å². The average Bonchev–Trinajstić information content (AvgIpc) is 3.20. The summed E-state index contributed by atoms with van der Waals surface area (Å²) < 4.78 is 13.0. The molecule has 0 bridgehead atoms. The monoisotopic (exact) mass is 360 g/mol. The number of rotatable bonds is 1. The van der Waals surface area contributed by atoms with Gasteiger partial charge in [0.15, 0.2) is 5.79 Å². The van der Waals surface area contributed by atoms with Crippen LogP contribution < -0.4 is 0 Å². The van der Waals surface area contributed by atoms with E-state index in [9.17, 15) is 4.79 Å². The van der Waals surface area contributed by atoms with E-state index in [0.29, 0.717) is 29.0 Å². The van der Waals surface area contributed by atoms with Crippen LogP contribution in [0.2, 0.25) is 0 Å². The van der Waals surface area contributed by atoms with Crippen molar-refractivity contribution >= 4 is 5.78 Å². The van der Waals surface area contributed by atoms with E-state index in [1.54, 1.807) is 0 Å². The van der Waals surface area contributed by atoms with Crippen LogP contribution in [-0.4, -0.2) is 24.8 Å². The van der Waals surface area contributed by atoms with Crippen molar-refractivity contribution in [3.63, 3.8) is 0 Å². The first-order valence-corrected chi connectivity index (χ1v) is 11.2. The summed E-state index contributed by atoms with van der Waals surface area (Å²) in [6.07, 6.45) is 11.4. The van der Waals surface area contributed by atoms with E-state index in [2.05, 4.69) is 13.8 Å². The van der Waals surface area contributed by atoms with Crippen LogP contribution in [0.3, 0.4) is 0 Å². The Kier molecular flexibility index (Phi) is 3.94. The summed E-state index contributed by atoms with van der Waals surface area (Å²) in [6, 6.07) is 0. The Morgan fingerprint density at radius 1 is 0.885 bits per heavy atom. The number of ketones is 1. The van der Waals surface area contributed by atoms with Gasteiger partial charge in [-0.2, -0.15) is 0 Å². The van der Waals surface area contributed by atoms with Gasteiger partial charge in [-0.05, 0) is 74.0 Å². The molecule has 4 saturated carbocycles. The molecule has 0 N–H and O–H groups in total. The molecule has 0 aromatic heterocycles. The van der Waals surface area contributed by atoms with Crippen molar-refractivity contribution in [3.8, 4) is 0 Å². The molecule has 5 fully saturated rings. The van der Waals surface area contributed by atoms with Crippen LogP contribution in [0.15, 0.2) is 0 Å². The maximum absolute atomic E-state index is 12.4. The second kappa shape index (κ2) is 5.80. The molecule has 5 aliphatic rings. The summed E-state index contributed by atoms with van der Waals surface area (Å²) in [5.74, 6) is 2.87. The zero-order valence-electron chi connectivity index (χ0n) is 16.9. The first-order valence-electron chi connectivity index (χ1n) is 11.2. The Balaban J connectivity index is 1.58. The number of Topliss-reactive ketones (excluding diaryl/α,β-unsaturated/α-hetero) is 1. The van der Waals surface area contributed by atoms with Gasteiger partial charge in [-0.3, -0.25) is 4.79 Å². The number of fused-ring (bicyclic) bond motifs is 6. The van der Waals surface area contributed by atoms with Gasteiger partial charge in [0, 0.05) is 18.3 Å². The van der Waals surface area contributed by atoms with Crippen molar-refractivity contribution in [2.24, 2.45) is 40.4 Å². The molecule has 0 radical (unpaired) electrons. The van der Waals surface area contributed by atoms with Gasteiger partial charge in [-0.25, -0.2) is 0 Å². The lowest BCUT2D eigenvalue weighted by Gasteiger charge is -2.64. The minimum Gasteiger partial charge on any atom is -0.347 e. The van der Waals surface area contributed by atoms with E-state index >= 15 is 0 Å². The predicted molar refractivity (Wildman–Crippen MR) is 101 cm³/mol. The molecule has 1 heterocycles. The van der Waals surface area contributed by atoms with Crippen LogP contribution in [0, 0.1) is 40.4 Å². The molecule has 1 aliphatic heterocycles. The number of carbonyl (C=O) groups excluding carboxylic acids is 1. The van der Waals surface area contributed by atoms with Gasteiger partial charge in [-0.1, -0.05) is 26.7 Å². The second-order valence-electron chi connectivity index (χ2n) is 10.7. The van der Waals surface area contributed by atoms with Crippen molar-refractivity contribution < 1.29 is 14.3 Å². The van der Waals surface area contributed by atoms with Gasteiger partial charge in [-0.15, -0.1) is 0 Å². The highest BCUT2D eigenvalue weighted by atomic mass is 16.7. The van der Waals surface area contributed by atoms with Gasteiger partial charge in [0.1, 0.15) is 5.78 Å². The molecule has 0 amide bonds. The Morgan fingerprint density at radius 2 is 1.62 bits per heavy atom. The van der Waals surface area contributed by atoms with Crippen LogP contribution in [0.25, 0.3) is 0 Å². The molecule has 146 valence electrons. The zero-order valence-corrected chi connectivity index (χ0v) is 16.9. The summed E-state index contributed by atoms with van der Waals surface area (Å²) in [6.45, 7) is 8.35. The number of hydrogen-bond acceptors (Lipinski definition) is 3. The Labute approximate surface area is 158 Å². The van der Waals surface area contributed by atoms with Crippen molar-refractivity contribution in [2.75, 3.05) is 13.2 Å². The Morgan fingerprint density at radius 3 is 2.35 bits per heavy atom. The molecule has 1 spiro atoms. The molecular weight excluding hydrogens is 324 g/mol. The van der Waals surface area contributed by atoms with E-state index < -0.39 is 0 Å². The third kappa shape index (κ3) is 2.16. The van der Waals surface area contributed by atoms with Gasteiger partial charge < -0.3 is 9.47 Å². The number of ether oxygens (including phenoxy) is 2. The molecule has 0 aromatic rings. The van der Waals surface area contributed by atoms with Crippen LogP contribution in [0.4, 0.5) is 0 Å². The topological polar surface area (TPSA) is 35.5 Å². The molecular formula is C23H36O3. The maximum atomic E-state index is 12.4. The summed E-state index contributed by atoms with van der Waals surface area (Å²) in [5, 5.41) is 0. The molecule has 0 aromatic carbocycles. The van der Waals surface area contributed by atoms with E-state index in [-0.39, 0.29) is 17.1 Å². The summed E-state index contributed by atoms with van der Waals surface area (Å²) in [7, 11) is 0. The van der Waals surface area contributed by atoms with Crippen LogP contribution in [-0.2, 0) is 14.3 Å². The standard InChI is InChI=1S/C23H36O3/c1-15(24)17-7-8-18-20-19(9-11-22(17,18)3)21(2)10-5-4-6-16(21)14-23(20)25-12-13-26-23/h16-20H,4-14H2,1-3H3/t16-,17+,18-,19+,20-,21+,22-/m1/s1. The van der Waals surface area contributed by atoms with E-state index in [1.165, 1.54) is 44.9 Å². The third-order valence-electron chi connectivity index (χ3n) is 9.87. The smallest absolute Gasteiger partial charge is 0.172 e. The van der Waals surface area contributed by atoms with Crippen LogP contribution >= 0.6 is 0 Å². The van der Waals surface area contributed by atoms with Gasteiger partial charge >= 0.3 is 0 Å². The highest BCUT2D eigenvalue weighted by molar-refractivity contribution is 5.79. The highest BCUT2D eigenvalue weighted by Crippen LogP contribution is 2.70. The first kappa shape index (κ1) is 17.7. The minimum atomic E-state index is -0.343. The molecule has 3 heteroatoms. The normalized spacial score (nSPS) is 52.3. The molecule has 4 aliphatic carbocycles. The van der Waals surface area contributed by atoms with Crippen LogP contribution in [0.1, 0.15) is 78.6 Å². The molecule has 0 unspecified atom stereocenters. The average molecular weight is 361 g/mol. The minimum absolute atomic E-state index is 0.160. The van der Waals surface area contributed by atoms with Crippen molar-refractivity contribution in [3.05, 3.63) is 0 Å². The van der Waals surface area contributed by atoms with E-state index in [0.717, 1.165) is 32.0 Å². The maximum Gasteiger partial charge on any atom is 0.172 e. The third-order valence-corrected chi connectivity index (χ3v) is 9.87. The number of carbonyl (C=O) groups is 1. The Bertz CT molecular complexity index is 594. The molecule has 5 rings (SSSR count). The lowest BCUT2D eigenvalue weighted by Crippen LogP contribution is -2.63. The Hall–Kier alpha value is -0.410. The van der Waals surface area contributed by atoms with E-state index in [4.69, 9.17) is 9.47 Å². The predicted octanol–water partition coefficient (Wildman–Crippen LogP) is 4.98.